The third-order valence-corrected chi connectivity index (χ3v) is 7.29. The predicted octanol–water partition coefficient (Wildman–Crippen LogP) is 3.10. The number of hydrogen-bond acceptors (Lipinski definition) is 3. The Morgan fingerprint density at radius 2 is 1.67 bits per heavy atom. The molecule has 0 saturated carbocycles. The molecule has 1 aliphatic heterocycles. The maximum Gasteiger partial charge on any atom is 0.245 e. The van der Waals surface area contributed by atoms with Crippen LogP contribution in [0.5, 0.6) is 0 Å². The Balaban J connectivity index is 2.30. The van der Waals surface area contributed by atoms with Crippen LogP contribution in [0, 0.1) is 19.8 Å². The molecule has 1 heterocycles. The maximum absolute atomic E-state index is 13.0. The van der Waals surface area contributed by atoms with E-state index in [0.29, 0.717) is 29.2 Å². The largest absolute Gasteiger partial charge is 0.340 e. The first-order valence-corrected chi connectivity index (χ1v) is 10.0. The number of amides is 1. The first-order valence-electron chi connectivity index (χ1n) is 7.81. The minimum atomic E-state index is -3.76. The van der Waals surface area contributed by atoms with Gasteiger partial charge in [-0.3, -0.25) is 4.79 Å². The van der Waals surface area contributed by atoms with E-state index in [0.717, 1.165) is 0 Å². The molecule has 0 radical (unpaired) electrons. The van der Waals surface area contributed by atoms with Crippen LogP contribution < -0.4 is 0 Å². The number of carbonyl (C=O) groups excluding carboxylic acids is 1. The summed E-state index contributed by atoms with van der Waals surface area (Å²) >= 11 is 12.4. The highest BCUT2D eigenvalue weighted by Crippen LogP contribution is 2.35. The molecule has 1 saturated heterocycles. The van der Waals surface area contributed by atoms with Crippen LogP contribution in [0.15, 0.2) is 11.0 Å². The van der Waals surface area contributed by atoms with Crippen molar-refractivity contribution in [2.45, 2.75) is 32.6 Å². The lowest BCUT2D eigenvalue weighted by Crippen LogP contribution is -2.51. The lowest BCUT2D eigenvalue weighted by Gasteiger charge is -2.35. The summed E-state index contributed by atoms with van der Waals surface area (Å²) in [6, 6.07) is 1.66. The number of rotatable bonds is 3. The second kappa shape index (κ2) is 7.20. The number of aryl methyl sites for hydroxylation is 1. The molecule has 2 rings (SSSR count). The topological polar surface area (TPSA) is 57.7 Å². The molecule has 0 unspecified atom stereocenters. The first-order chi connectivity index (χ1) is 11.1. The average Bonchev–Trinajstić information content (AvgIpc) is 2.52. The second-order valence-corrected chi connectivity index (χ2v) is 8.99. The van der Waals surface area contributed by atoms with Crippen LogP contribution in [0.2, 0.25) is 10.0 Å². The van der Waals surface area contributed by atoms with Crippen molar-refractivity contribution in [1.82, 2.24) is 9.21 Å². The number of piperazine rings is 1. The molecule has 134 valence electrons. The normalized spacial score (nSPS) is 16.7. The van der Waals surface area contributed by atoms with E-state index >= 15 is 0 Å². The summed E-state index contributed by atoms with van der Waals surface area (Å²) < 4.78 is 27.4. The van der Waals surface area contributed by atoms with Crippen LogP contribution in [0.25, 0.3) is 0 Å². The molecule has 24 heavy (non-hydrogen) atoms. The molecule has 1 aromatic rings. The van der Waals surface area contributed by atoms with Crippen LogP contribution in [-0.2, 0) is 14.8 Å². The van der Waals surface area contributed by atoms with E-state index in [2.05, 4.69) is 0 Å². The fraction of sp³-hybridized carbons (Fsp3) is 0.562. The molecule has 1 aromatic carbocycles. The van der Waals surface area contributed by atoms with Gasteiger partial charge >= 0.3 is 0 Å². The third kappa shape index (κ3) is 3.57. The molecular formula is C16H22Cl2N2O3S. The van der Waals surface area contributed by atoms with Crippen molar-refractivity contribution in [3.8, 4) is 0 Å². The van der Waals surface area contributed by atoms with Gasteiger partial charge in [0.2, 0.25) is 15.9 Å². The van der Waals surface area contributed by atoms with E-state index in [1.807, 2.05) is 13.8 Å². The van der Waals surface area contributed by atoms with Gasteiger partial charge in [0.15, 0.2) is 0 Å². The monoisotopic (exact) mass is 392 g/mol. The predicted molar refractivity (Wildman–Crippen MR) is 96.1 cm³/mol. The average molecular weight is 393 g/mol. The lowest BCUT2D eigenvalue weighted by molar-refractivity contribution is -0.135. The second-order valence-electron chi connectivity index (χ2n) is 6.33. The highest BCUT2D eigenvalue weighted by atomic mass is 35.5. The molecule has 0 atom stereocenters. The maximum atomic E-state index is 13.0. The van der Waals surface area contributed by atoms with Gasteiger partial charge in [0.05, 0.1) is 5.02 Å². The molecule has 0 aliphatic carbocycles. The Bertz CT molecular complexity index is 729. The molecule has 0 N–H and O–H groups in total. The smallest absolute Gasteiger partial charge is 0.245 e. The number of benzene rings is 1. The quantitative estimate of drug-likeness (QED) is 0.793. The summed E-state index contributed by atoms with van der Waals surface area (Å²) in [4.78, 5) is 13.8. The molecule has 0 bridgehead atoms. The fourth-order valence-electron chi connectivity index (χ4n) is 2.76. The number of hydrogen-bond donors (Lipinski definition) is 0. The van der Waals surface area contributed by atoms with Gasteiger partial charge in [0, 0.05) is 37.1 Å². The van der Waals surface area contributed by atoms with Crippen molar-refractivity contribution in [1.29, 1.82) is 0 Å². The number of sulfonamides is 1. The van der Waals surface area contributed by atoms with E-state index in [1.165, 1.54) is 4.31 Å². The van der Waals surface area contributed by atoms with E-state index in [-0.39, 0.29) is 34.8 Å². The van der Waals surface area contributed by atoms with Gasteiger partial charge in [-0.25, -0.2) is 8.42 Å². The summed E-state index contributed by atoms with van der Waals surface area (Å²) in [5, 5.41) is 0.585. The van der Waals surface area contributed by atoms with E-state index in [4.69, 9.17) is 23.2 Å². The lowest BCUT2D eigenvalue weighted by atomic mass is 10.2. The van der Waals surface area contributed by atoms with Gasteiger partial charge in [-0.05, 0) is 31.0 Å². The molecule has 0 spiro atoms. The van der Waals surface area contributed by atoms with Gasteiger partial charge < -0.3 is 4.90 Å². The van der Waals surface area contributed by atoms with Crippen molar-refractivity contribution < 1.29 is 13.2 Å². The molecule has 0 aromatic heterocycles. The Morgan fingerprint density at radius 3 is 2.17 bits per heavy atom. The summed E-state index contributed by atoms with van der Waals surface area (Å²) in [5.41, 5.74) is 1.08. The van der Waals surface area contributed by atoms with Gasteiger partial charge in [-0.2, -0.15) is 4.31 Å². The van der Waals surface area contributed by atoms with E-state index < -0.39 is 10.0 Å². The zero-order valence-corrected chi connectivity index (χ0v) is 16.6. The number of carbonyl (C=O) groups is 1. The molecular weight excluding hydrogens is 371 g/mol. The summed E-state index contributed by atoms with van der Waals surface area (Å²) in [6.07, 6.45) is 0. The van der Waals surface area contributed by atoms with Crippen molar-refractivity contribution in [3.05, 3.63) is 27.2 Å². The third-order valence-electron chi connectivity index (χ3n) is 4.23. The minimum absolute atomic E-state index is 0.0415. The number of nitrogens with zero attached hydrogens (tertiary/aromatic N) is 2. The molecule has 1 fully saturated rings. The van der Waals surface area contributed by atoms with Crippen molar-refractivity contribution in [2.24, 2.45) is 5.92 Å². The highest BCUT2D eigenvalue weighted by Gasteiger charge is 2.34. The number of halogens is 2. The zero-order chi connectivity index (χ0) is 18.2. The van der Waals surface area contributed by atoms with E-state index in [9.17, 15) is 13.2 Å². The van der Waals surface area contributed by atoms with Crippen molar-refractivity contribution in [3.63, 3.8) is 0 Å². The Kier molecular flexibility index (Phi) is 5.85. The Labute approximate surface area is 153 Å². The summed E-state index contributed by atoms with van der Waals surface area (Å²) in [6.45, 7) is 8.32. The van der Waals surface area contributed by atoms with Gasteiger partial charge in [0.1, 0.15) is 4.90 Å². The minimum Gasteiger partial charge on any atom is -0.340 e. The van der Waals surface area contributed by atoms with Gasteiger partial charge in [-0.1, -0.05) is 37.0 Å². The first kappa shape index (κ1) is 19.5. The fourth-order valence-corrected chi connectivity index (χ4v) is 5.35. The molecule has 1 amide bonds. The molecule has 1 aliphatic rings. The van der Waals surface area contributed by atoms with Gasteiger partial charge in [0.25, 0.3) is 0 Å². The summed E-state index contributed by atoms with van der Waals surface area (Å²) in [7, 11) is -3.76. The van der Waals surface area contributed by atoms with Crippen molar-refractivity contribution >= 4 is 39.1 Å². The molecule has 5 nitrogen and oxygen atoms in total. The summed E-state index contributed by atoms with van der Waals surface area (Å²) in [5.74, 6) is -0.0553. The molecule has 8 heteroatoms. The standard InChI is InChI=1S/C16H22Cl2N2O3S/c1-10(2)16(21)19-5-7-20(8-6-19)24(22,23)15-12(4)13(17)9-11(3)14(15)18/h9-10H,5-8H2,1-4H3. The van der Waals surface area contributed by atoms with Crippen LogP contribution in [0.3, 0.4) is 0 Å². The van der Waals surface area contributed by atoms with Crippen LogP contribution in [0.1, 0.15) is 25.0 Å². The van der Waals surface area contributed by atoms with E-state index in [1.54, 1.807) is 24.8 Å². The van der Waals surface area contributed by atoms with Crippen LogP contribution >= 0.6 is 23.2 Å². The Morgan fingerprint density at radius 1 is 1.12 bits per heavy atom. The van der Waals surface area contributed by atoms with Crippen LogP contribution in [-0.4, -0.2) is 49.7 Å². The van der Waals surface area contributed by atoms with Crippen LogP contribution in [0.4, 0.5) is 0 Å². The SMILES string of the molecule is Cc1cc(Cl)c(C)c(S(=O)(=O)N2CCN(C(=O)C(C)C)CC2)c1Cl. The Hall–Kier alpha value is -0.820. The highest BCUT2D eigenvalue weighted by molar-refractivity contribution is 7.89. The zero-order valence-electron chi connectivity index (χ0n) is 14.3. The van der Waals surface area contributed by atoms with Gasteiger partial charge in [-0.15, -0.1) is 0 Å². The van der Waals surface area contributed by atoms with Crippen molar-refractivity contribution in [2.75, 3.05) is 26.2 Å².